The third-order valence-electron chi connectivity index (χ3n) is 3.86. The van der Waals surface area contributed by atoms with Crippen molar-refractivity contribution in [3.05, 3.63) is 68.1 Å². The monoisotopic (exact) mass is 348 g/mol. The molecule has 0 fully saturated rings. The van der Waals surface area contributed by atoms with Gasteiger partial charge >= 0.3 is 0 Å². The van der Waals surface area contributed by atoms with Gasteiger partial charge < -0.3 is 15.0 Å². The molecule has 2 N–H and O–H groups in total. The summed E-state index contributed by atoms with van der Waals surface area (Å²) in [6, 6.07) is 8.68. The number of aryl methyl sites for hydroxylation is 2. The number of halogens is 1. The van der Waals surface area contributed by atoms with Gasteiger partial charge in [0, 0.05) is 17.8 Å². The van der Waals surface area contributed by atoms with E-state index < -0.39 is 11.5 Å². The average Bonchev–Trinajstić information content (AvgIpc) is 2.48. The van der Waals surface area contributed by atoms with Crippen molar-refractivity contribution in [1.82, 2.24) is 10.3 Å². The van der Waals surface area contributed by atoms with Crippen molar-refractivity contribution in [3.63, 3.8) is 0 Å². The number of hydrogen-bond acceptors (Lipinski definition) is 3. The molecule has 2 atom stereocenters. The second-order valence-corrected chi connectivity index (χ2v) is 6.25. The van der Waals surface area contributed by atoms with Crippen molar-refractivity contribution in [1.29, 1.82) is 0 Å². The second kappa shape index (κ2) is 7.64. The van der Waals surface area contributed by atoms with E-state index >= 15 is 0 Å². The number of aromatic nitrogens is 1. The van der Waals surface area contributed by atoms with Gasteiger partial charge in [0.05, 0.1) is 6.04 Å². The van der Waals surface area contributed by atoms with Gasteiger partial charge in [0.2, 0.25) is 0 Å². The molecule has 24 heavy (non-hydrogen) atoms. The van der Waals surface area contributed by atoms with Crippen LogP contribution in [0.25, 0.3) is 0 Å². The van der Waals surface area contributed by atoms with Gasteiger partial charge in [-0.25, -0.2) is 0 Å². The van der Waals surface area contributed by atoms with E-state index in [1.165, 1.54) is 0 Å². The Hall–Kier alpha value is -2.11. The Morgan fingerprint density at radius 3 is 2.42 bits per heavy atom. The topological polar surface area (TPSA) is 71.2 Å². The highest BCUT2D eigenvalue weighted by Crippen LogP contribution is 2.22. The van der Waals surface area contributed by atoms with E-state index in [1.807, 2.05) is 19.1 Å². The summed E-state index contributed by atoms with van der Waals surface area (Å²) >= 11 is 5.90. The summed E-state index contributed by atoms with van der Waals surface area (Å²) in [6.45, 7) is 5.35. The highest BCUT2D eigenvalue weighted by Gasteiger charge is 2.23. The number of H-pyrrole nitrogens is 1. The SMILES string of the molecule is CO[C@@H](c1ccc(Cl)cc1)[C@@H](C)NC(=O)c1c(C)cc(C)[nH]c1=O. The van der Waals surface area contributed by atoms with Gasteiger partial charge in [-0.05, 0) is 50.1 Å². The molecule has 2 rings (SSSR count). The first-order chi connectivity index (χ1) is 11.3. The number of nitrogens with one attached hydrogen (secondary N) is 2. The number of hydrogen-bond donors (Lipinski definition) is 2. The highest BCUT2D eigenvalue weighted by atomic mass is 35.5. The van der Waals surface area contributed by atoms with Crippen LogP contribution in [0.4, 0.5) is 0 Å². The first-order valence-corrected chi connectivity index (χ1v) is 8.01. The largest absolute Gasteiger partial charge is 0.375 e. The molecule has 1 heterocycles. The number of methoxy groups -OCH3 is 1. The number of amides is 1. The van der Waals surface area contributed by atoms with Crippen LogP contribution in [0.1, 0.15) is 40.2 Å². The van der Waals surface area contributed by atoms with E-state index in [9.17, 15) is 9.59 Å². The van der Waals surface area contributed by atoms with Crippen LogP contribution >= 0.6 is 11.6 Å². The van der Waals surface area contributed by atoms with Crippen LogP contribution in [0.3, 0.4) is 0 Å². The Balaban J connectivity index is 2.21. The van der Waals surface area contributed by atoms with Gasteiger partial charge in [0.1, 0.15) is 11.7 Å². The fraction of sp³-hybridized carbons (Fsp3) is 0.333. The van der Waals surface area contributed by atoms with Crippen LogP contribution < -0.4 is 10.9 Å². The summed E-state index contributed by atoms with van der Waals surface area (Å²) in [4.78, 5) is 27.2. The second-order valence-electron chi connectivity index (χ2n) is 5.81. The molecule has 1 aromatic heterocycles. The zero-order valence-electron chi connectivity index (χ0n) is 14.1. The molecule has 6 heteroatoms. The predicted molar refractivity (Wildman–Crippen MR) is 94.7 cm³/mol. The zero-order valence-corrected chi connectivity index (χ0v) is 14.9. The van der Waals surface area contributed by atoms with Crippen molar-refractivity contribution < 1.29 is 9.53 Å². The predicted octanol–water partition coefficient (Wildman–Crippen LogP) is 3.15. The van der Waals surface area contributed by atoms with E-state index in [4.69, 9.17) is 16.3 Å². The highest BCUT2D eigenvalue weighted by molar-refractivity contribution is 6.30. The quantitative estimate of drug-likeness (QED) is 0.871. The van der Waals surface area contributed by atoms with Gasteiger partial charge in [-0.15, -0.1) is 0 Å². The average molecular weight is 349 g/mol. The van der Waals surface area contributed by atoms with E-state index in [2.05, 4.69) is 10.3 Å². The minimum absolute atomic E-state index is 0.124. The Kier molecular flexibility index (Phi) is 5.80. The summed E-state index contributed by atoms with van der Waals surface area (Å²) in [5.41, 5.74) is 1.99. The summed E-state index contributed by atoms with van der Waals surface area (Å²) < 4.78 is 5.51. The fourth-order valence-corrected chi connectivity index (χ4v) is 2.90. The number of carbonyl (C=O) groups excluding carboxylic acids is 1. The molecule has 0 saturated carbocycles. The molecular weight excluding hydrogens is 328 g/mol. The smallest absolute Gasteiger partial charge is 0.261 e. The molecule has 1 aromatic carbocycles. The Bertz CT molecular complexity index is 784. The van der Waals surface area contributed by atoms with E-state index in [0.717, 1.165) is 11.3 Å². The number of aromatic amines is 1. The molecule has 0 spiro atoms. The summed E-state index contributed by atoms with van der Waals surface area (Å²) in [7, 11) is 1.58. The standard InChI is InChI=1S/C18H21ClN2O3/c1-10-9-11(2)20-17(22)15(10)18(23)21-12(3)16(24-4)13-5-7-14(19)8-6-13/h5-9,12,16H,1-4H3,(H,20,22)(H,21,23)/t12-,16-/m1/s1. The maximum Gasteiger partial charge on any atom is 0.261 e. The van der Waals surface area contributed by atoms with Crippen molar-refractivity contribution in [3.8, 4) is 0 Å². The van der Waals surface area contributed by atoms with Crippen LogP contribution in [0.15, 0.2) is 35.1 Å². The Labute approximate surface area is 146 Å². The fourth-order valence-electron chi connectivity index (χ4n) is 2.77. The van der Waals surface area contributed by atoms with Crippen LogP contribution in [0, 0.1) is 13.8 Å². The van der Waals surface area contributed by atoms with Gasteiger partial charge in [-0.3, -0.25) is 9.59 Å². The van der Waals surface area contributed by atoms with Gasteiger partial charge in [-0.1, -0.05) is 23.7 Å². The first-order valence-electron chi connectivity index (χ1n) is 7.63. The van der Waals surface area contributed by atoms with E-state index in [0.29, 0.717) is 10.6 Å². The van der Waals surface area contributed by atoms with Gasteiger partial charge in [0.15, 0.2) is 0 Å². The lowest BCUT2D eigenvalue weighted by atomic mass is 10.0. The van der Waals surface area contributed by atoms with Crippen LogP contribution in [0.5, 0.6) is 0 Å². The molecule has 0 aliphatic carbocycles. The number of benzene rings is 1. The minimum Gasteiger partial charge on any atom is -0.375 e. The normalized spacial score (nSPS) is 13.4. The van der Waals surface area contributed by atoms with Gasteiger partial charge in [-0.2, -0.15) is 0 Å². The maximum absolute atomic E-state index is 12.5. The van der Waals surface area contributed by atoms with Crippen LogP contribution in [-0.4, -0.2) is 24.0 Å². The molecule has 0 saturated heterocycles. The van der Waals surface area contributed by atoms with Crippen molar-refractivity contribution in [2.45, 2.75) is 32.9 Å². The van der Waals surface area contributed by atoms with E-state index in [1.54, 1.807) is 39.2 Å². The van der Waals surface area contributed by atoms with Crippen LogP contribution in [-0.2, 0) is 4.74 Å². The molecule has 2 aromatic rings. The third-order valence-corrected chi connectivity index (χ3v) is 4.11. The Morgan fingerprint density at radius 2 is 1.88 bits per heavy atom. The molecule has 0 unspecified atom stereocenters. The molecular formula is C18H21ClN2O3. The molecule has 1 amide bonds. The summed E-state index contributed by atoms with van der Waals surface area (Å²) in [6.07, 6.45) is -0.351. The number of ether oxygens (including phenoxy) is 1. The lowest BCUT2D eigenvalue weighted by Gasteiger charge is -2.24. The lowest BCUT2D eigenvalue weighted by molar-refractivity contribution is 0.0644. The zero-order chi connectivity index (χ0) is 17.9. The lowest BCUT2D eigenvalue weighted by Crippen LogP contribution is -2.40. The number of carbonyl (C=O) groups is 1. The number of pyridine rings is 1. The summed E-state index contributed by atoms with van der Waals surface area (Å²) in [5, 5.41) is 3.48. The Morgan fingerprint density at radius 1 is 1.25 bits per heavy atom. The van der Waals surface area contributed by atoms with Crippen molar-refractivity contribution in [2.24, 2.45) is 0 Å². The molecule has 0 radical (unpaired) electrons. The molecule has 128 valence electrons. The molecule has 0 bridgehead atoms. The number of rotatable bonds is 5. The van der Waals surface area contributed by atoms with Gasteiger partial charge in [0.25, 0.3) is 11.5 Å². The van der Waals surface area contributed by atoms with Crippen molar-refractivity contribution >= 4 is 17.5 Å². The van der Waals surface area contributed by atoms with Crippen molar-refractivity contribution in [2.75, 3.05) is 7.11 Å². The third kappa shape index (κ3) is 4.04. The maximum atomic E-state index is 12.5. The van der Waals surface area contributed by atoms with Crippen LogP contribution in [0.2, 0.25) is 5.02 Å². The molecule has 5 nitrogen and oxygen atoms in total. The molecule has 0 aliphatic rings. The van der Waals surface area contributed by atoms with E-state index in [-0.39, 0.29) is 17.7 Å². The summed E-state index contributed by atoms with van der Waals surface area (Å²) in [5.74, 6) is -0.419. The minimum atomic E-state index is -0.419. The first kappa shape index (κ1) is 18.2. The molecule has 0 aliphatic heterocycles.